The normalized spacial score (nSPS) is 11.9. The summed E-state index contributed by atoms with van der Waals surface area (Å²) < 4.78 is 0. The van der Waals surface area contributed by atoms with Crippen LogP contribution in [-0.2, 0) is 5.41 Å². The van der Waals surface area contributed by atoms with Gasteiger partial charge in [-0.05, 0) is 13.1 Å². The van der Waals surface area contributed by atoms with E-state index in [1.165, 1.54) is 0 Å². The maximum Gasteiger partial charge on any atom is 0.157 e. The molecule has 0 spiro atoms. The van der Waals surface area contributed by atoms with Crippen LogP contribution >= 0.6 is 11.6 Å². The molecule has 0 aliphatic rings. The molecule has 0 saturated heterocycles. The van der Waals surface area contributed by atoms with Crippen LogP contribution in [0, 0.1) is 0 Å². The Morgan fingerprint density at radius 1 is 1.20 bits per heavy atom. The molecule has 0 atom stereocenters. The van der Waals surface area contributed by atoms with Gasteiger partial charge in [-0.3, -0.25) is 0 Å². The van der Waals surface area contributed by atoms with E-state index in [0.29, 0.717) is 22.5 Å². The van der Waals surface area contributed by atoms with Crippen LogP contribution in [0.2, 0.25) is 5.15 Å². The first kappa shape index (κ1) is 17.0. The van der Waals surface area contributed by atoms with E-state index >= 15 is 0 Å². The van der Waals surface area contributed by atoms with Gasteiger partial charge in [-0.25, -0.2) is 9.97 Å². The number of aromatic nitrogens is 2. The lowest BCUT2D eigenvalue weighted by Gasteiger charge is -2.21. The Hall–Kier alpha value is -1.07. The summed E-state index contributed by atoms with van der Waals surface area (Å²) >= 11 is 6.09. The zero-order chi connectivity index (χ0) is 15.3. The highest BCUT2D eigenvalue weighted by atomic mass is 35.5. The van der Waals surface area contributed by atoms with E-state index in [9.17, 15) is 0 Å². The van der Waals surface area contributed by atoms with Gasteiger partial charge in [0.25, 0.3) is 0 Å². The number of hydrogen-bond donors (Lipinski definition) is 2. The molecule has 0 unspecified atom stereocenters. The SMILES string of the molecule is CCN(CC)CCNc1nc(C(C)(C)C)nc(Cl)c1N. The van der Waals surface area contributed by atoms with Gasteiger partial charge in [0.2, 0.25) is 0 Å². The molecule has 0 radical (unpaired) electrons. The van der Waals surface area contributed by atoms with Gasteiger partial charge in [-0.2, -0.15) is 0 Å². The quantitative estimate of drug-likeness (QED) is 0.791. The fourth-order valence-electron chi connectivity index (χ4n) is 1.78. The van der Waals surface area contributed by atoms with Gasteiger partial charge in [0, 0.05) is 18.5 Å². The third-order valence-electron chi connectivity index (χ3n) is 3.18. The van der Waals surface area contributed by atoms with E-state index in [1.54, 1.807) is 0 Å². The molecular formula is C14H26ClN5. The van der Waals surface area contributed by atoms with Crippen LogP contribution in [0.15, 0.2) is 0 Å². The van der Waals surface area contributed by atoms with Crippen LogP contribution in [0.5, 0.6) is 0 Å². The molecule has 6 heteroatoms. The largest absolute Gasteiger partial charge is 0.393 e. The predicted molar refractivity (Wildman–Crippen MR) is 86.4 cm³/mol. The lowest BCUT2D eigenvalue weighted by atomic mass is 9.96. The van der Waals surface area contributed by atoms with Crippen LogP contribution in [0.3, 0.4) is 0 Å². The lowest BCUT2D eigenvalue weighted by Crippen LogP contribution is -2.29. The van der Waals surface area contributed by atoms with E-state index < -0.39 is 0 Å². The summed E-state index contributed by atoms with van der Waals surface area (Å²) in [6.07, 6.45) is 0. The zero-order valence-electron chi connectivity index (χ0n) is 13.1. The Labute approximate surface area is 126 Å². The van der Waals surface area contributed by atoms with E-state index in [-0.39, 0.29) is 5.41 Å². The van der Waals surface area contributed by atoms with Gasteiger partial charge in [0.05, 0.1) is 0 Å². The summed E-state index contributed by atoms with van der Waals surface area (Å²) in [5.74, 6) is 1.32. The molecule has 0 bridgehead atoms. The van der Waals surface area contributed by atoms with E-state index in [0.717, 1.165) is 26.2 Å². The molecule has 20 heavy (non-hydrogen) atoms. The van der Waals surface area contributed by atoms with Crippen molar-refractivity contribution in [2.45, 2.75) is 40.0 Å². The molecule has 0 saturated carbocycles. The summed E-state index contributed by atoms with van der Waals surface area (Å²) in [6.45, 7) is 14.2. The van der Waals surface area contributed by atoms with Crippen molar-refractivity contribution in [2.24, 2.45) is 0 Å². The first-order chi connectivity index (χ1) is 9.29. The van der Waals surface area contributed by atoms with Crippen LogP contribution in [0.1, 0.15) is 40.4 Å². The van der Waals surface area contributed by atoms with Crippen LogP contribution in [-0.4, -0.2) is 41.0 Å². The topological polar surface area (TPSA) is 67.1 Å². The average Bonchev–Trinajstić information content (AvgIpc) is 2.38. The molecule has 3 N–H and O–H groups in total. The van der Waals surface area contributed by atoms with Crippen LogP contribution in [0.4, 0.5) is 11.5 Å². The molecule has 1 aromatic heterocycles. The fourth-order valence-corrected chi connectivity index (χ4v) is 1.95. The Balaban J connectivity index is 2.81. The lowest BCUT2D eigenvalue weighted by molar-refractivity contribution is 0.316. The number of anilines is 2. The molecule has 0 aliphatic carbocycles. The standard InChI is InChI=1S/C14H26ClN5/c1-6-20(7-2)9-8-17-12-10(16)11(15)18-13(19-12)14(3,4)5/h6-9,16H2,1-5H3,(H,17,18,19). The summed E-state index contributed by atoms with van der Waals surface area (Å²) in [5, 5.41) is 3.58. The van der Waals surface area contributed by atoms with Crippen molar-refractivity contribution >= 4 is 23.1 Å². The zero-order valence-corrected chi connectivity index (χ0v) is 13.9. The molecule has 5 nitrogen and oxygen atoms in total. The third kappa shape index (κ3) is 4.49. The second-order valence-electron chi connectivity index (χ2n) is 5.80. The van der Waals surface area contributed by atoms with Crippen LogP contribution < -0.4 is 11.1 Å². The Morgan fingerprint density at radius 2 is 1.80 bits per heavy atom. The highest BCUT2D eigenvalue weighted by molar-refractivity contribution is 6.32. The molecular weight excluding hydrogens is 274 g/mol. The highest BCUT2D eigenvalue weighted by Gasteiger charge is 2.20. The molecule has 0 aromatic carbocycles. The number of hydrogen-bond acceptors (Lipinski definition) is 5. The number of rotatable bonds is 6. The minimum Gasteiger partial charge on any atom is -0.393 e. The molecule has 1 aromatic rings. The Morgan fingerprint density at radius 3 is 2.30 bits per heavy atom. The summed E-state index contributed by atoms with van der Waals surface area (Å²) in [4.78, 5) is 11.1. The second-order valence-corrected chi connectivity index (χ2v) is 6.16. The number of nitrogens with two attached hydrogens (primary N) is 1. The van der Waals surface area contributed by atoms with Crippen molar-refractivity contribution < 1.29 is 0 Å². The smallest absolute Gasteiger partial charge is 0.157 e. The number of halogens is 1. The monoisotopic (exact) mass is 299 g/mol. The minimum atomic E-state index is -0.160. The van der Waals surface area contributed by atoms with Crippen molar-refractivity contribution in [1.29, 1.82) is 0 Å². The van der Waals surface area contributed by atoms with E-state index in [2.05, 4.69) is 54.8 Å². The van der Waals surface area contributed by atoms with Gasteiger partial charge >= 0.3 is 0 Å². The number of nitrogens with zero attached hydrogens (tertiary/aromatic N) is 3. The van der Waals surface area contributed by atoms with Crippen molar-refractivity contribution in [1.82, 2.24) is 14.9 Å². The molecule has 0 aliphatic heterocycles. The van der Waals surface area contributed by atoms with Crippen molar-refractivity contribution in [2.75, 3.05) is 37.2 Å². The Bertz CT molecular complexity index is 438. The maximum absolute atomic E-state index is 6.09. The average molecular weight is 300 g/mol. The van der Waals surface area contributed by atoms with Gasteiger partial charge in [-0.15, -0.1) is 0 Å². The van der Waals surface area contributed by atoms with E-state index in [4.69, 9.17) is 17.3 Å². The fraction of sp³-hybridized carbons (Fsp3) is 0.714. The van der Waals surface area contributed by atoms with Crippen molar-refractivity contribution in [3.8, 4) is 0 Å². The number of nitrogen functional groups attached to an aromatic ring is 1. The van der Waals surface area contributed by atoms with Crippen molar-refractivity contribution in [3.05, 3.63) is 11.0 Å². The summed E-state index contributed by atoms with van der Waals surface area (Å²) in [5.41, 5.74) is 6.20. The summed E-state index contributed by atoms with van der Waals surface area (Å²) in [6, 6.07) is 0. The molecule has 1 heterocycles. The minimum absolute atomic E-state index is 0.160. The van der Waals surface area contributed by atoms with Crippen LogP contribution in [0.25, 0.3) is 0 Å². The molecule has 114 valence electrons. The number of likely N-dealkylation sites (N-methyl/N-ethyl adjacent to an activating group) is 1. The van der Waals surface area contributed by atoms with Gasteiger partial charge in [0.1, 0.15) is 11.5 Å². The van der Waals surface area contributed by atoms with Gasteiger partial charge < -0.3 is 16.0 Å². The Kier molecular flexibility index (Phi) is 6.02. The van der Waals surface area contributed by atoms with E-state index in [1.807, 2.05) is 0 Å². The molecule has 1 rings (SSSR count). The second kappa shape index (κ2) is 7.09. The predicted octanol–water partition coefficient (Wildman–Crippen LogP) is 2.76. The van der Waals surface area contributed by atoms with Gasteiger partial charge in [0.15, 0.2) is 11.0 Å². The third-order valence-corrected chi connectivity index (χ3v) is 3.47. The molecule has 0 amide bonds. The number of nitrogens with one attached hydrogen (secondary N) is 1. The molecule has 0 fully saturated rings. The van der Waals surface area contributed by atoms with Crippen molar-refractivity contribution in [3.63, 3.8) is 0 Å². The highest BCUT2D eigenvalue weighted by Crippen LogP contribution is 2.28. The van der Waals surface area contributed by atoms with Gasteiger partial charge in [-0.1, -0.05) is 46.2 Å². The first-order valence-corrected chi connectivity index (χ1v) is 7.47. The maximum atomic E-state index is 6.09. The summed E-state index contributed by atoms with van der Waals surface area (Å²) in [7, 11) is 0. The first-order valence-electron chi connectivity index (χ1n) is 7.09.